The Morgan fingerprint density at radius 2 is 1.83 bits per heavy atom. The summed E-state index contributed by atoms with van der Waals surface area (Å²) in [5.41, 5.74) is 13.0. The zero-order valence-corrected chi connectivity index (χ0v) is 23.4. The third kappa shape index (κ3) is 4.55. The van der Waals surface area contributed by atoms with Gasteiger partial charge in [0.1, 0.15) is 29.1 Å². The zero-order chi connectivity index (χ0) is 28.4. The molecule has 2 aliphatic rings. The van der Waals surface area contributed by atoms with Gasteiger partial charge in [0.25, 0.3) is 0 Å². The summed E-state index contributed by atoms with van der Waals surface area (Å²) in [6.45, 7) is 3.20. The summed E-state index contributed by atoms with van der Waals surface area (Å²) in [5, 5.41) is 4.36. The van der Waals surface area contributed by atoms with Crippen LogP contribution in [0.25, 0.3) is 32.2 Å². The molecule has 5 N–H and O–H groups in total. The van der Waals surface area contributed by atoms with Gasteiger partial charge in [-0.3, -0.25) is 0 Å². The first-order valence-electron chi connectivity index (χ1n) is 13.2. The molecular formula is C28H25ClF2N8OS. The molecule has 9 nitrogen and oxygen atoms in total. The second-order valence-corrected chi connectivity index (χ2v) is 11.8. The lowest BCUT2D eigenvalue weighted by Crippen LogP contribution is -2.51. The van der Waals surface area contributed by atoms with Crippen LogP contribution in [0.3, 0.4) is 0 Å². The first kappa shape index (κ1) is 26.1. The van der Waals surface area contributed by atoms with Crippen LogP contribution in [0, 0.1) is 11.6 Å². The molecule has 2 fully saturated rings. The summed E-state index contributed by atoms with van der Waals surface area (Å²) in [6.07, 6.45) is 1.55. The molecule has 5 heterocycles. The van der Waals surface area contributed by atoms with Crippen LogP contribution in [0.2, 0.25) is 5.02 Å². The fourth-order valence-electron chi connectivity index (χ4n) is 5.78. The third-order valence-electron chi connectivity index (χ3n) is 7.63. The van der Waals surface area contributed by atoms with Gasteiger partial charge in [0.15, 0.2) is 10.9 Å². The number of pyridine rings is 1. The molecule has 3 unspecified atom stereocenters. The Kier molecular flexibility index (Phi) is 6.29. The lowest BCUT2D eigenvalue weighted by Gasteiger charge is -2.34. The van der Waals surface area contributed by atoms with Crippen molar-refractivity contribution in [3.63, 3.8) is 0 Å². The number of fused-ring (bicyclic) bond motifs is 4. The van der Waals surface area contributed by atoms with Crippen molar-refractivity contribution in [3.05, 3.63) is 58.7 Å². The van der Waals surface area contributed by atoms with Gasteiger partial charge < -0.3 is 26.4 Å². The summed E-state index contributed by atoms with van der Waals surface area (Å²) >= 11 is 7.75. The minimum atomic E-state index is -0.687. The van der Waals surface area contributed by atoms with E-state index in [1.807, 2.05) is 0 Å². The van der Waals surface area contributed by atoms with Crippen molar-refractivity contribution in [2.24, 2.45) is 0 Å². The molecule has 7 rings (SSSR count). The number of hydrogen-bond donors (Lipinski definition) is 3. The fourth-order valence-corrected chi connectivity index (χ4v) is 6.84. The normalized spacial score (nSPS) is 19.3. The number of rotatable bonds is 5. The lowest BCUT2D eigenvalue weighted by molar-refractivity contribution is 0.203. The highest BCUT2D eigenvalue weighted by Gasteiger charge is 2.34. The highest BCUT2D eigenvalue weighted by molar-refractivity contribution is 7.22. The van der Waals surface area contributed by atoms with Gasteiger partial charge in [0.05, 0.1) is 20.9 Å². The van der Waals surface area contributed by atoms with Crippen LogP contribution in [0.4, 0.5) is 25.5 Å². The maximum absolute atomic E-state index is 16.6. The highest BCUT2D eigenvalue weighted by atomic mass is 35.5. The average molecular weight is 595 g/mol. The molecule has 5 aromatic rings. The van der Waals surface area contributed by atoms with E-state index in [0.29, 0.717) is 53.5 Å². The largest absolute Gasteiger partial charge is 0.454 e. The first-order chi connectivity index (χ1) is 19.7. The highest BCUT2D eigenvalue weighted by Crippen LogP contribution is 2.43. The number of nitrogens with zero attached hydrogens (tertiary/aromatic N) is 5. The molecule has 2 saturated heterocycles. The fraction of sp³-hybridized carbons (Fsp3) is 0.286. The quantitative estimate of drug-likeness (QED) is 0.242. The summed E-state index contributed by atoms with van der Waals surface area (Å²) < 4.78 is 37.5. The summed E-state index contributed by atoms with van der Waals surface area (Å²) in [4.78, 5) is 20.0. The maximum Gasteiger partial charge on any atom is 0.319 e. The number of aromatic nitrogens is 4. The number of ether oxygens (including phenoxy) is 1. The van der Waals surface area contributed by atoms with Gasteiger partial charge in [0, 0.05) is 41.7 Å². The molecule has 0 spiro atoms. The van der Waals surface area contributed by atoms with Crippen LogP contribution < -0.4 is 26.4 Å². The molecule has 2 aliphatic heterocycles. The smallest absolute Gasteiger partial charge is 0.319 e. The second kappa shape index (κ2) is 9.89. The minimum absolute atomic E-state index is 0.00978. The van der Waals surface area contributed by atoms with E-state index in [4.69, 9.17) is 32.8 Å². The predicted octanol–water partition coefficient (Wildman–Crippen LogP) is 5.48. The average Bonchev–Trinajstić information content (AvgIpc) is 3.51. The number of nitrogen functional groups attached to an aromatic ring is 2. The second-order valence-electron chi connectivity index (χ2n) is 10.4. The molecule has 210 valence electrons. The lowest BCUT2D eigenvalue weighted by atomic mass is 10.0. The van der Waals surface area contributed by atoms with Crippen LogP contribution in [-0.2, 0) is 0 Å². The zero-order valence-electron chi connectivity index (χ0n) is 21.9. The number of anilines is 3. The van der Waals surface area contributed by atoms with Crippen LogP contribution >= 0.6 is 22.9 Å². The number of nitrogens with one attached hydrogen (secondary N) is 1. The van der Waals surface area contributed by atoms with Gasteiger partial charge in [-0.05, 0) is 50.1 Å². The van der Waals surface area contributed by atoms with Gasteiger partial charge in [-0.25, -0.2) is 18.7 Å². The number of hydrogen-bond acceptors (Lipinski definition) is 10. The number of nitrogens with two attached hydrogens (primary N) is 2. The Balaban J connectivity index is 1.41. The van der Waals surface area contributed by atoms with Gasteiger partial charge in [-0.15, -0.1) is 0 Å². The molecule has 0 saturated carbocycles. The Morgan fingerprint density at radius 3 is 2.59 bits per heavy atom. The van der Waals surface area contributed by atoms with Gasteiger partial charge >= 0.3 is 6.01 Å². The molecule has 0 amide bonds. The molecule has 3 atom stereocenters. The minimum Gasteiger partial charge on any atom is -0.454 e. The van der Waals surface area contributed by atoms with E-state index in [0.717, 1.165) is 24.2 Å². The molecule has 13 heteroatoms. The van der Waals surface area contributed by atoms with Crippen LogP contribution in [0.15, 0.2) is 36.4 Å². The SMILES string of the molecule is CC(Oc1nc(N2CC3CCC(C2)N3)c2cc(Cl)c(-c3ccc(F)c4sc(N)nc34)c(F)c2n1)c1cccc(N)n1. The van der Waals surface area contributed by atoms with Gasteiger partial charge in [-0.2, -0.15) is 9.97 Å². The number of halogens is 3. The monoisotopic (exact) mass is 594 g/mol. The molecule has 3 aromatic heterocycles. The van der Waals surface area contributed by atoms with E-state index in [1.54, 1.807) is 31.2 Å². The van der Waals surface area contributed by atoms with Crippen molar-refractivity contribution >= 4 is 60.8 Å². The number of piperazine rings is 1. The van der Waals surface area contributed by atoms with Crippen molar-refractivity contribution in [1.82, 2.24) is 25.3 Å². The predicted molar refractivity (Wildman–Crippen MR) is 157 cm³/mol. The molecule has 2 aromatic carbocycles. The number of benzene rings is 2. The third-order valence-corrected chi connectivity index (χ3v) is 8.82. The Bertz CT molecular complexity index is 1820. The summed E-state index contributed by atoms with van der Waals surface area (Å²) in [7, 11) is 0. The van der Waals surface area contributed by atoms with Gasteiger partial charge in [-0.1, -0.05) is 29.0 Å². The van der Waals surface area contributed by atoms with Crippen LogP contribution in [0.5, 0.6) is 6.01 Å². The topological polar surface area (TPSA) is 128 Å². The van der Waals surface area contributed by atoms with Crippen LogP contribution in [0.1, 0.15) is 31.6 Å². The molecule has 2 bridgehead atoms. The number of thiazole rings is 1. The van der Waals surface area contributed by atoms with E-state index >= 15 is 4.39 Å². The standard InChI is InChI=1S/C28H25ClF2N8OS/c1-12(19-3-2-4-20(32)35-19)40-28-37-23-16(26(38-28)39-10-13-5-6-14(11-39)34-13)9-17(29)21(22(23)31)15-7-8-18(30)25-24(15)36-27(33)41-25/h2-4,7-9,12-14,34H,5-6,10-11H2,1H3,(H2,32,35)(H2,33,36). The Labute approximate surface area is 242 Å². The first-order valence-corrected chi connectivity index (χ1v) is 14.4. The van der Waals surface area contributed by atoms with Crippen molar-refractivity contribution in [2.45, 2.75) is 38.0 Å². The van der Waals surface area contributed by atoms with Crippen molar-refractivity contribution in [2.75, 3.05) is 29.5 Å². The van der Waals surface area contributed by atoms with Crippen LogP contribution in [-0.4, -0.2) is 45.1 Å². The molecular weight excluding hydrogens is 570 g/mol. The van der Waals surface area contributed by atoms with E-state index in [1.165, 1.54) is 12.1 Å². The molecule has 41 heavy (non-hydrogen) atoms. The van der Waals surface area contributed by atoms with Crippen molar-refractivity contribution in [3.8, 4) is 17.1 Å². The van der Waals surface area contributed by atoms with E-state index in [-0.39, 0.29) is 37.5 Å². The van der Waals surface area contributed by atoms with E-state index in [9.17, 15) is 4.39 Å². The van der Waals surface area contributed by atoms with Crippen molar-refractivity contribution in [1.29, 1.82) is 0 Å². The molecule has 0 radical (unpaired) electrons. The summed E-state index contributed by atoms with van der Waals surface area (Å²) in [6, 6.07) is 10.2. The Hall–Kier alpha value is -3.87. The summed E-state index contributed by atoms with van der Waals surface area (Å²) in [5.74, 6) is -0.292. The molecule has 0 aliphatic carbocycles. The Morgan fingerprint density at radius 1 is 1.05 bits per heavy atom. The van der Waals surface area contributed by atoms with Gasteiger partial charge in [0.2, 0.25) is 0 Å². The van der Waals surface area contributed by atoms with E-state index in [2.05, 4.69) is 25.2 Å². The maximum atomic E-state index is 16.6. The van der Waals surface area contributed by atoms with Crippen molar-refractivity contribution < 1.29 is 13.5 Å². The van der Waals surface area contributed by atoms with E-state index < -0.39 is 17.7 Å².